The number of unbranched alkanes of at least 4 members (excludes halogenated alkanes) is 1. The number of nitrogens with one attached hydrogen (secondary N) is 1. The van der Waals surface area contributed by atoms with Gasteiger partial charge in [-0.05, 0) is 48.9 Å². The summed E-state index contributed by atoms with van der Waals surface area (Å²) in [5, 5.41) is 10.3. The van der Waals surface area contributed by atoms with Gasteiger partial charge in [-0.25, -0.2) is 12.7 Å². The summed E-state index contributed by atoms with van der Waals surface area (Å²) >= 11 is 0. The predicted octanol–water partition coefficient (Wildman–Crippen LogP) is 3.43. The molecule has 0 bridgehead atoms. The summed E-state index contributed by atoms with van der Waals surface area (Å²) in [6, 6.07) is 10.7. The molecule has 0 aliphatic rings. The first kappa shape index (κ1) is 24.2. The molecule has 3 rings (SSSR count). The van der Waals surface area contributed by atoms with E-state index in [1.807, 2.05) is 6.92 Å². The van der Waals surface area contributed by atoms with E-state index in [-0.39, 0.29) is 22.4 Å². The van der Waals surface area contributed by atoms with Crippen LogP contribution < -0.4 is 14.8 Å². The van der Waals surface area contributed by atoms with Gasteiger partial charge in [0.1, 0.15) is 0 Å². The lowest BCUT2D eigenvalue weighted by atomic mass is 10.2. The maximum Gasteiger partial charge on any atom is 0.322 e. The smallest absolute Gasteiger partial charge is 0.322 e. The van der Waals surface area contributed by atoms with Crippen LogP contribution in [0.5, 0.6) is 11.5 Å². The maximum absolute atomic E-state index is 12.6. The first-order chi connectivity index (χ1) is 15.8. The standard InChI is InChI=1S/C22H26N4O6S/c1-5-6-13-26(2)33(28,29)17-10-7-15(8-11-17)20(27)23-22-25-24-21(32-22)16-9-12-18(30-3)19(14-16)31-4/h7-12,14H,5-6,13H2,1-4H3,(H,23,25,27). The van der Waals surface area contributed by atoms with Crippen molar-refractivity contribution in [3.05, 3.63) is 48.0 Å². The third-order valence-electron chi connectivity index (χ3n) is 4.93. The Kier molecular flexibility index (Phi) is 7.67. The summed E-state index contributed by atoms with van der Waals surface area (Å²) in [7, 11) is 0.977. The number of sulfonamides is 1. The van der Waals surface area contributed by atoms with Crippen molar-refractivity contribution in [2.75, 3.05) is 33.1 Å². The summed E-state index contributed by atoms with van der Waals surface area (Å²) in [4.78, 5) is 12.7. The largest absolute Gasteiger partial charge is 0.493 e. The molecule has 0 spiro atoms. The predicted molar refractivity (Wildman–Crippen MR) is 122 cm³/mol. The minimum absolute atomic E-state index is 0.0965. The molecular weight excluding hydrogens is 448 g/mol. The van der Waals surface area contributed by atoms with Crippen LogP contribution in [0, 0.1) is 0 Å². The molecule has 1 N–H and O–H groups in total. The van der Waals surface area contributed by atoms with Crippen molar-refractivity contribution in [3.63, 3.8) is 0 Å². The molecule has 2 aromatic carbocycles. The average molecular weight is 475 g/mol. The van der Waals surface area contributed by atoms with Crippen LogP contribution >= 0.6 is 0 Å². The zero-order valence-corrected chi connectivity index (χ0v) is 19.7. The molecule has 3 aromatic rings. The van der Waals surface area contributed by atoms with Crippen molar-refractivity contribution < 1.29 is 27.1 Å². The van der Waals surface area contributed by atoms with Crippen molar-refractivity contribution in [1.82, 2.24) is 14.5 Å². The van der Waals surface area contributed by atoms with E-state index in [1.54, 1.807) is 18.2 Å². The second kappa shape index (κ2) is 10.5. The Hall–Kier alpha value is -3.44. The van der Waals surface area contributed by atoms with Gasteiger partial charge in [-0.1, -0.05) is 18.4 Å². The molecule has 1 heterocycles. The summed E-state index contributed by atoms with van der Waals surface area (Å²) < 4.78 is 42.5. The van der Waals surface area contributed by atoms with Gasteiger partial charge >= 0.3 is 6.01 Å². The van der Waals surface area contributed by atoms with E-state index in [9.17, 15) is 13.2 Å². The minimum Gasteiger partial charge on any atom is -0.493 e. The Bertz CT molecular complexity index is 1210. The van der Waals surface area contributed by atoms with E-state index >= 15 is 0 Å². The second-order valence-corrected chi connectivity index (χ2v) is 9.19. The zero-order valence-electron chi connectivity index (χ0n) is 18.9. The number of rotatable bonds is 10. The number of methoxy groups -OCH3 is 2. The number of anilines is 1. The molecule has 0 saturated carbocycles. The molecule has 10 nitrogen and oxygen atoms in total. The van der Waals surface area contributed by atoms with Crippen LogP contribution in [0.3, 0.4) is 0 Å². The number of hydrogen-bond acceptors (Lipinski definition) is 8. The van der Waals surface area contributed by atoms with Crippen LogP contribution in [-0.2, 0) is 10.0 Å². The monoisotopic (exact) mass is 474 g/mol. The third kappa shape index (κ3) is 5.49. The average Bonchev–Trinajstić information content (AvgIpc) is 3.30. The first-order valence-electron chi connectivity index (χ1n) is 10.2. The quantitative estimate of drug-likeness (QED) is 0.474. The number of ether oxygens (including phenoxy) is 2. The Labute approximate surface area is 192 Å². The van der Waals surface area contributed by atoms with Crippen molar-refractivity contribution in [2.24, 2.45) is 0 Å². The molecule has 0 saturated heterocycles. The van der Waals surface area contributed by atoms with Gasteiger partial charge in [0.15, 0.2) is 11.5 Å². The second-order valence-electron chi connectivity index (χ2n) is 7.14. The maximum atomic E-state index is 12.6. The highest BCUT2D eigenvalue weighted by atomic mass is 32.2. The van der Waals surface area contributed by atoms with Gasteiger partial charge in [-0.3, -0.25) is 10.1 Å². The first-order valence-corrected chi connectivity index (χ1v) is 11.7. The fourth-order valence-electron chi connectivity index (χ4n) is 2.99. The lowest BCUT2D eigenvalue weighted by molar-refractivity contribution is 0.102. The molecule has 1 amide bonds. The number of amides is 1. The van der Waals surface area contributed by atoms with E-state index < -0.39 is 15.9 Å². The number of benzene rings is 2. The topological polar surface area (TPSA) is 124 Å². The number of nitrogens with zero attached hydrogens (tertiary/aromatic N) is 3. The van der Waals surface area contributed by atoms with Crippen LogP contribution in [0.1, 0.15) is 30.1 Å². The number of aromatic nitrogens is 2. The van der Waals surface area contributed by atoms with E-state index in [0.717, 1.165) is 12.8 Å². The SMILES string of the molecule is CCCCN(C)S(=O)(=O)c1ccc(C(=O)Nc2nnc(-c3ccc(OC)c(OC)c3)o2)cc1. The molecule has 11 heteroatoms. The highest BCUT2D eigenvalue weighted by molar-refractivity contribution is 7.89. The van der Waals surface area contributed by atoms with E-state index in [4.69, 9.17) is 13.9 Å². The molecule has 1 aromatic heterocycles. The highest BCUT2D eigenvalue weighted by Gasteiger charge is 2.21. The molecule has 0 aliphatic carbocycles. The van der Waals surface area contributed by atoms with Crippen molar-refractivity contribution in [2.45, 2.75) is 24.7 Å². The van der Waals surface area contributed by atoms with E-state index in [0.29, 0.717) is 23.6 Å². The molecule has 0 fully saturated rings. The van der Waals surface area contributed by atoms with E-state index in [1.165, 1.54) is 49.8 Å². The van der Waals surface area contributed by atoms with Crippen molar-refractivity contribution in [3.8, 4) is 23.0 Å². The van der Waals surface area contributed by atoms with Gasteiger partial charge in [0.05, 0.1) is 19.1 Å². The fourth-order valence-corrected chi connectivity index (χ4v) is 4.20. The summed E-state index contributed by atoms with van der Waals surface area (Å²) in [6.45, 7) is 2.43. The third-order valence-corrected chi connectivity index (χ3v) is 6.80. The van der Waals surface area contributed by atoms with Gasteiger partial charge in [-0.2, -0.15) is 0 Å². The lowest BCUT2D eigenvalue weighted by Crippen LogP contribution is -2.28. The molecule has 0 aliphatic heterocycles. The van der Waals surface area contributed by atoms with Gasteiger partial charge in [0.2, 0.25) is 15.9 Å². The Morgan fingerprint density at radius 1 is 1.06 bits per heavy atom. The summed E-state index contributed by atoms with van der Waals surface area (Å²) in [5.41, 5.74) is 0.832. The fraction of sp³-hybridized carbons (Fsp3) is 0.318. The van der Waals surface area contributed by atoms with Crippen LogP contribution in [0.4, 0.5) is 6.01 Å². The lowest BCUT2D eigenvalue weighted by Gasteiger charge is -2.16. The molecular formula is C22H26N4O6S. The number of carbonyl (C=O) groups excluding carboxylic acids is 1. The Balaban J connectivity index is 1.71. The van der Waals surface area contributed by atoms with Gasteiger partial charge in [0.25, 0.3) is 5.91 Å². The molecule has 0 atom stereocenters. The molecule has 0 radical (unpaired) electrons. The Morgan fingerprint density at radius 3 is 2.39 bits per heavy atom. The Morgan fingerprint density at radius 2 is 1.76 bits per heavy atom. The van der Waals surface area contributed by atoms with E-state index in [2.05, 4.69) is 15.5 Å². The van der Waals surface area contributed by atoms with Gasteiger partial charge in [-0.15, -0.1) is 5.10 Å². The van der Waals surface area contributed by atoms with Gasteiger partial charge in [0, 0.05) is 24.7 Å². The number of carbonyl (C=O) groups is 1. The minimum atomic E-state index is -3.61. The summed E-state index contributed by atoms with van der Waals surface area (Å²) in [5.74, 6) is 0.717. The zero-order chi connectivity index (χ0) is 24.0. The van der Waals surface area contributed by atoms with Crippen LogP contribution in [-0.4, -0.2) is 56.6 Å². The van der Waals surface area contributed by atoms with Crippen LogP contribution in [0.25, 0.3) is 11.5 Å². The van der Waals surface area contributed by atoms with Gasteiger partial charge < -0.3 is 13.9 Å². The van der Waals surface area contributed by atoms with Crippen LogP contribution in [0.2, 0.25) is 0 Å². The van der Waals surface area contributed by atoms with Crippen molar-refractivity contribution >= 4 is 21.9 Å². The molecule has 0 unspecified atom stereocenters. The molecule has 33 heavy (non-hydrogen) atoms. The van der Waals surface area contributed by atoms with Crippen molar-refractivity contribution in [1.29, 1.82) is 0 Å². The number of hydrogen-bond donors (Lipinski definition) is 1. The molecule has 176 valence electrons. The normalized spacial score (nSPS) is 11.4. The summed E-state index contributed by atoms with van der Waals surface area (Å²) in [6.07, 6.45) is 1.66. The van der Waals surface area contributed by atoms with Crippen LogP contribution in [0.15, 0.2) is 51.8 Å². The highest BCUT2D eigenvalue weighted by Crippen LogP contribution is 2.32.